The highest BCUT2D eigenvalue weighted by molar-refractivity contribution is 5.96. The number of hydrogen-bond acceptors (Lipinski definition) is 7. The van der Waals surface area contributed by atoms with Crippen molar-refractivity contribution in [3.05, 3.63) is 42.3 Å². The molecule has 0 atom stereocenters. The van der Waals surface area contributed by atoms with Gasteiger partial charge in [0.15, 0.2) is 11.6 Å². The lowest BCUT2D eigenvalue weighted by atomic mass is 10.2. The van der Waals surface area contributed by atoms with Crippen LogP contribution in [0.5, 0.6) is 5.88 Å². The maximum atomic E-state index is 12.7. The third-order valence-electron chi connectivity index (χ3n) is 4.53. The summed E-state index contributed by atoms with van der Waals surface area (Å²) in [5.74, 6) is 1.76. The standard InChI is InChI=1S/C18H20N6O3/c1-22-12-13(17(21-22)26-2)18(25)24-9-7-23(8-10-24)16-6-5-14(19-20-16)15-4-3-11-27-15/h3-6,11-12H,7-10H2,1-2H3. The predicted octanol–water partition coefficient (Wildman–Crippen LogP) is 1.44. The Kier molecular flexibility index (Phi) is 4.49. The first kappa shape index (κ1) is 17.1. The van der Waals surface area contributed by atoms with Crippen molar-refractivity contribution in [1.29, 1.82) is 0 Å². The van der Waals surface area contributed by atoms with Gasteiger partial charge in [-0.15, -0.1) is 15.3 Å². The highest BCUT2D eigenvalue weighted by Gasteiger charge is 2.26. The first-order chi connectivity index (χ1) is 13.2. The van der Waals surface area contributed by atoms with Crippen molar-refractivity contribution in [3.8, 4) is 17.3 Å². The lowest BCUT2D eigenvalue weighted by Crippen LogP contribution is -2.49. The molecule has 0 aliphatic carbocycles. The summed E-state index contributed by atoms with van der Waals surface area (Å²) in [6.07, 6.45) is 3.30. The lowest BCUT2D eigenvalue weighted by Gasteiger charge is -2.35. The number of carbonyl (C=O) groups is 1. The molecule has 4 heterocycles. The minimum Gasteiger partial charge on any atom is -0.479 e. The minimum absolute atomic E-state index is 0.0705. The van der Waals surface area contributed by atoms with Gasteiger partial charge in [-0.05, 0) is 24.3 Å². The molecule has 140 valence electrons. The van der Waals surface area contributed by atoms with Gasteiger partial charge in [0.25, 0.3) is 5.91 Å². The molecule has 3 aromatic rings. The molecule has 27 heavy (non-hydrogen) atoms. The first-order valence-electron chi connectivity index (χ1n) is 8.65. The van der Waals surface area contributed by atoms with Crippen LogP contribution in [0.1, 0.15) is 10.4 Å². The lowest BCUT2D eigenvalue weighted by molar-refractivity contribution is 0.0743. The fourth-order valence-electron chi connectivity index (χ4n) is 3.12. The van der Waals surface area contributed by atoms with Gasteiger partial charge >= 0.3 is 0 Å². The minimum atomic E-state index is -0.0705. The van der Waals surface area contributed by atoms with Crippen molar-refractivity contribution >= 4 is 11.7 Å². The third kappa shape index (κ3) is 3.35. The highest BCUT2D eigenvalue weighted by Crippen LogP contribution is 2.21. The van der Waals surface area contributed by atoms with Gasteiger partial charge in [0.2, 0.25) is 5.88 Å². The summed E-state index contributed by atoms with van der Waals surface area (Å²) in [4.78, 5) is 16.7. The van der Waals surface area contributed by atoms with E-state index in [-0.39, 0.29) is 5.91 Å². The Bertz CT molecular complexity index is 911. The number of anilines is 1. The number of carbonyl (C=O) groups excluding carboxylic acids is 1. The molecule has 0 saturated carbocycles. The molecule has 9 nitrogen and oxygen atoms in total. The summed E-state index contributed by atoms with van der Waals surface area (Å²) in [5, 5.41) is 12.7. The second kappa shape index (κ2) is 7.10. The van der Waals surface area contributed by atoms with Gasteiger partial charge in [-0.3, -0.25) is 9.48 Å². The van der Waals surface area contributed by atoms with E-state index in [1.54, 1.807) is 29.1 Å². The smallest absolute Gasteiger partial charge is 0.261 e. The van der Waals surface area contributed by atoms with E-state index in [1.165, 1.54) is 7.11 Å². The summed E-state index contributed by atoms with van der Waals surface area (Å²) >= 11 is 0. The quantitative estimate of drug-likeness (QED) is 0.688. The molecular formula is C18H20N6O3. The van der Waals surface area contributed by atoms with Crippen molar-refractivity contribution in [2.45, 2.75) is 0 Å². The van der Waals surface area contributed by atoms with Crippen LogP contribution in [0.4, 0.5) is 5.82 Å². The van der Waals surface area contributed by atoms with E-state index >= 15 is 0 Å². The topological polar surface area (TPSA) is 89.5 Å². The maximum Gasteiger partial charge on any atom is 0.261 e. The first-order valence-corrected chi connectivity index (χ1v) is 8.65. The molecule has 1 aliphatic heterocycles. The maximum absolute atomic E-state index is 12.7. The Morgan fingerprint density at radius 2 is 1.96 bits per heavy atom. The summed E-state index contributed by atoms with van der Waals surface area (Å²) in [6, 6.07) is 7.48. The number of nitrogens with zero attached hydrogens (tertiary/aromatic N) is 6. The van der Waals surface area contributed by atoms with E-state index in [9.17, 15) is 4.79 Å². The van der Waals surface area contributed by atoms with Gasteiger partial charge in [0, 0.05) is 39.4 Å². The number of furan rings is 1. The summed E-state index contributed by atoms with van der Waals surface area (Å²) in [5.41, 5.74) is 1.18. The third-order valence-corrected chi connectivity index (χ3v) is 4.53. The second-order valence-corrected chi connectivity index (χ2v) is 6.26. The van der Waals surface area contributed by atoms with E-state index in [4.69, 9.17) is 9.15 Å². The normalized spacial score (nSPS) is 14.4. The Morgan fingerprint density at radius 3 is 2.59 bits per heavy atom. The fraction of sp³-hybridized carbons (Fsp3) is 0.333. The zero-order valence-electron chi connectivity index (χ0n) is 15.2. The largest absolute Gasteiger partial charge is 0.479 e. The Hall–Kier alpha value is -3.36. The van der Waals surface area contributed by atoms with Gasteiger partial charge in [0.05, 0.1) is 13.4 Å². The van der Waals surface area contributed by atoms with E-state index in [1.807, 2.05) is 24.3 Å². The highest BCUT2D eigenvalue weighted by atomic mass is 16.5. The molecule has 9 heteroatoms. The average Bonchev–Trinajstić information content (AvgIpc) is 3.37. The van der Waals surface area contributed by atoms with Crippen molar-refractivity contribution in [2.24, 2.45) is 7.05 Å². The molecule has 1 amide bonds. The number of hydrogen-bond donors (Lipinski definition) is 0. The number of aromatic nitrogens is 4. The molecule has 0 bridgehead atoms. The molecule has 3 aromatic heterocycles. The summed E-state index contributed by atoms with van der Waals surface area (Å²) < 4.78 is 12.1. The second-order valence-electron chi connectivity index (χ2n) is 6.26. The Morgan fingerprint density at radius 1 is 1.15 bits per heavy atom. The zero-order chi connectivity index (χ0) is 18.8. The van der Waals surface area contributed by atoms with Gasteiger partial charge < -0.3 is 19.0 Å². The molecule has 0 radical (unpaired) electrons. The number of rotatable bonds is 4. The molecular weight excluding hydrogens is 348 g/mol. The van der Waals surface area contributed by atoms with Gasteiger partial charge in [-0.25, -0.2) is 0 Å². The van der Waals surface area contributed by atoms with Crippen LogP contribution in [0.2, 0.25) is 0 Å². The van der Waals surface area contributed by atoms with Crippen molar-refractivity contribution < 1.29 is 13.9 Å². The number of piperazine rings is 1. The van der Waals surface area contributed by atoms with Gasteiger partial charge in [-0.1, -0.05) is 0 Å². The molecule has 0 unspecified atom stereocenters. The summed E-state index contributed by atoms with van der Waals surface area (Å²) in [6.45, 7) is 2.56. The predicted molar refractivity (Wildman–Crippen MR) is 97.6 cm³/mol. The SMILES string of the molecule is COc1nn(C)cc1C(=O)N1CCN(c2ccc(-c3ccco3)nn2)CC1. The van der Waals surface area contributed by atoms with Crippen LogP contribution < -0.4 is 9.64 Å². The van der Waals surface area contributed by atoms with Crippen LogP contribution in [0.15, 0.2) is 41.1 Å². The van der Waals surface area contributed by atoms with Crippen molar-refractivity contribution in [3.63, 3.8) is 0 Å². The Labute approximate surface area is 156 Å². The molecule has 4 rings (SSSR count). The summed E-state index contributed by atoms with van der Waals surface area (Å²) in [7, 11) is 3.28. The van der Waals surface area contributed by atoms with Crippen LogP contribution >= 0.6 is 0 Å². The van der Waals surface area contributed by atoms with Crippen LogP contribution in [-0.4, -0.2) is 64.1 Å². The van der Waals surface area contributed by atoms with E-state index in [2.05, 4.69) is 20.2 Å². The van der Waals surface area contributed by atoms with Crippen molar-refractivity contribution in [2.75, 3.05) is 38.2 Å². The van der Waals surface area contributed by atoms with Crippen molar-refractivity contribution in [1.82, 2.24) is 24.9 Å². The van der Waals surface area contributed by atoms with Crippen LogP contribution in [0, 0.1) is 0 Å². The van der Waals surface area contributed by atoms with Gasteiger partial charge in [-0.2, -0.15) is 0 Å². The molecule has 0 aromatic carbocycles. The molecule has 0 spiro atoms. The average molecular weight is 368 g/mol. The van der Waals surface area contributed by atoms with E-state index < -0.39 is 0 Å². The van der Waals surface area contributed by atoms with Crippen LogP contribution in [0.25, 0.3) is 11.5 Å². The zero-order valence-corrected chi connectivity index (χ0v) is 15.2. The van der Waals surface area contributed by atoms with Crippen LogP contribution in [0.3, 0.4) is 0 Å². The molecule has 1 saturated heterocycles. The van der Waals surface area contributed by atoms with E-state index in [0.717, 1.165) is 5.82 Å². The molecule has 0 N–H and O–H groups in total. The Balaban J connectivity index is 1.40. The van der Waals surface area contributed by atoms with E-state index in [0.29, 0.717) is 49.1 Å². The fourth-order valence-corrected chi connectivity index (χ4v) is 3.12. The number of amides is 1. The number of methoxy groups -OCH3 is 1. The number of ether oxygens (including phenoxy) is 1. The monoisotopic (exact) mass is 368 g/mol. The molecule has 1 fully saturated rings. The van der Waals surface area contributed by atoms with Crippen LogP contribution in [-0.2, 0) is 7.05 Å². The van der Waals surface area contributed by atoms with Gasteiger partial charge in [0.1, 0.15) is 11.3 Å². The molecule has 1 aliphatic rings. The number of aryl methyl sites for hydroxylation is 1.